The second kappa shape index (κ2) is 5.91. The molecule has 2 aromatic carbocycles. The lowest BCUT2D eigenvalue weighted by atomic mass is 10.2. The molecule has 0 unspecified atom stereocenters. The first kappa shape index (κ1) is 14.8. The van der Waals surface area contributed by atoms with Crippen LogP contribution in [0.1, 0.15) is 11.1 Å². The van der Waals surface area contributed by atoms with E-state index in [-0.39, 0.29) is 17.2 Å². The third-order valence-corrected chi connectivity index (χ3v) is 3.53. The van der Waals surface area contributed by atoms with Crippen molar-refractivity contribution in [1.82, 2.24) is 0 Å². The number of halogens is 3. The molecule has 0 bridgehead atoms. The Morgan fingerprint density at radius 3 is 2.64 bits per heavy atom. The number of ether oxygens (including phenoxy) is 1. The highest BCUT2D eigenvalue weighted by atomic mass is 35.5. The molecule has 0 radical (unpaired) electrons. The van der Waals surface area contributed by atoms with Gasteiger partial charge in [0.15, 0.2) is 5.70 Å². The molecule has 2 aromatic rings. The summed E-state index contributed by atoms with van der Waals surface area (Å²) in [5.74, 6) is -1.05. The Bertz CT molecular complexity index is 831. The number of benzene rings is 2. The van der Waals surface area contributed by atoms with Crippen LogP contribution in [0.15, 0.2) is 53.2 Å². The maximum atomic E-state index is 13.6. The molecule has 0 saturated heterocycles. The van der Waals surface area contributed by atoms with E-state index in [0.29, 0.717) is 15.6 Å². The number of cyclic esters (lactones) is 1. The van der Waals surface area contributed by atoms with Gasteiger partial charge in [-0.15, -0.1) is 0 Å². The molecule has 110 valence electrons. The predicted molar refractivity (Wildman–Crippen MR) is 83.5 cm³/mol. The Morgan fingerprint density at radius 1 is 1.14 bits per heavy atom. The van der Waals surface area contributed by atoms with Gasteiger partial charge in [-0.05, 0) is 30.3 Å². The van der Waals surface area contributed by atoms with Crippen molar-refractivity contribution in [2.45, 2.75) is 0 Å². The third kappa shape index (κ3) is 2.89. The van der Waals surface area contributed by atoms with E-state index >= 15 is 0 Å². The van der Waals surface area contributed by atoms with Crippen LogP contribution < -0.4 is 0 Å². The molecule has 3 rings (SSSR count). The quantitative estimate of drug-likeness (QED) is 0.599. The van der Waals surface area contributed by atoms with Crippen molar-refractivity contribution in [2.24, 2.45) is 4.99 Å². The predicted octanol–water partition coefficient (Wildman–Crippen LogP) is 4.48. The molecule has 0 aliphatic carbocycles. The van der Waals surface area contributed by atoms with E-state index in [4.69, 9.17) is 27.9 Å². The van der Waals surface area contributed by atoms with E-state index in [1.165, 1.54) is 18.2 Å². The lowest BCUT2D eigenvalue weighted by Crippen LogP contribution is -2.05. The molecular weight excluding hydrogens is 328 g/mol. The number of rotatable bonds is 2. The van der Waals surface area contributed by atoms with E-state index in [1.807, 2.05) is 0 Å². The Morgan fingerprint density at radius 2 is 1.91 bits per heavy atom. The monoisotopic (exact) mass is 335 g/mol. The highest BCUT2D eigenvalue weighted by Crippen LogP contribution is 2.26. The van der Waals surface area contributed by atoms with E-state index in [1.54, 1.807) is 30.3 Å². The minimum absolute atomic E-state index is 0.00566. The molecule has 22 heavy (non-hydrogen) atoms. The highest BCUT2D eigenvalue weighted by molar-refractivity contribution is 6.37. The highest BCUT2D eigenvalue weighted by Gasteiger charge is 2.25. The van der Waals surface area contributed by atoms with Gasteiger partial charge in [0, 0.05) is 10.6 Å². The zero-order valence-electron chi connectivity index (χ0n) is 11.0. The summed E-state index contributed by atoms with van der Waals surface area (Å²) in [4.78, 5) is 15.9. The molecule has 0 amide bonds. The van der Waals surface area contributed by atoms with Gasteiger partial charge >= 0.3 is 5.97 Å². The summed E-state index contributed by atoms with van der Waals surface area (Å²) in [5, 5.41) is 0.770. The molecule has 1 aliphatic rings. The molecular formula is C16H8Cl2FNO2. The topological polar surface area (TPSA) is 38.7 Å². The zero-order chi connectivity index (χ0) is 15.7. The second-order valence-electron chi connectivity index (χ2n) is 4.48. The Kier molecular flexibility index (Phi) is 3.96. The molecule has 1 aliphatic heterocycles. The van der Waals surface area contributed by atoms with Crippen LogP contribution in [0.2, 0.25) is 10.0 Å². The number of esters is 1. The fraction of sp³-hybridized carbons (Fsp3) is 0. The number of aliphatic imine (C=N–C) groups is 1. The van der Waals surface area contributed by atoms with Crippen molar-refractivity contribution < 1.29 is 13.9 Å². The van der Waals surface area contributed by atoms with Crippen molar-refractivity contribution >= 4 is 41.1 Å². The van der Waals surface area contributed by atoms with Crippen molar-refractivity contribution in [3.8, 4) is 0 Å². The van der Waals surface area contributed by atoms with Gasteiger partial charge in [0.25, 0.3) is 0 Å². The summed E-state index contributed by atoms with van der Waals surface area (Å²) < 4.78 is 18.7. The fourth-order valence-corrected chi connectivity index (χ4v) is 2.42. The summed E-state index contributed by atoms with van der Waals surface area (Å²) >= 11 is 11.9. The summed E-state index contributed by atoms with van der Waals surface area (Å²) in [6.07, 6.45) is 1.33. The van der Waals surface area contributed by atoms with Gasteiger partial charge in [0.2, 0.25) is 5.90 Å². The average molecular weight is 336 g/mol. The Hall–Kier alpha value is -2.17. The maximum absolute atomic E-state index is 13.6. The maximum Gasteiger partial charge on any atom is 0.363 e. The minimum atomic E-state index is -0.663. The first-order valence-corrected chi connectivity index (χ1v) is 7.03. The second-order valence-corrected chi connectivity index (χ2v) is 5.33. The summed E-state index contributed by atoms with van der Waals surface area (Å²) in [5.41, 5.74) is 0.698. The lowest BCUT2D eigenvalue weighted by Gasteiger charge is -2.02. The zero-order valence-corrected chi connectivity index (χ0v) is 12.5. The molecule has 1 heterocycles. The molecule has 0 saturated carbocycles. The first-order chi connectivity index (χ1) is 10.5. The van der Waals surface area contributed by atoms with Crippen LogP contribution in [0, 0.1) is 5.82 Å². The molecule has 6 heteroatoms. The van der Waals surface area contributed by atoms with Crippen molar-refractivity contribution in [1.29, 1.82) is 0 Å². The molecule has 0 fully saturated rings. The van der Waals surface area contributed by atoms with Crippen LogP contribution in [0.5, 0.6) is 0 Å². The summed E-state index contributed by atoms with van der Waals surface area (Å²) in [6, 6.07) is 10.8. The van der Waals surface area contributed by atoms with Crippen LogP contribution in [0.4, 0.5) is 4.39 Å². The standard InChI is InChI=1S/C16H8Cl2FNO2/c17-10-5-6-11(12(18)8-10)15-20-14(16(21)22-15)7-9-3-1-2-4-13(9)19/h1-8H/b14-7-. The van der Waals surface area contributed by atoms with Gasteiger partial charge in [0.05, 0.1) is 10.6 Å². The van der Waals surface area contributed by atoms with E-state index < -0.39 is 11.8 Å². The van der Waals surface area contributed by atoms with Crippen LogP contribution in [-0.2, 0) is 9.53 Å². The SMILES string of the molecule is O=C1OC(c2ccc(Cl)cc2Cl)=N/C1=C\c1ccccc1F. The fourth-order valence-electron chi connectivity index (χ4n) is 1.93. The van der Waals surface area contributed by atoms with Gasteiger partial charge in [-0.2, -0.15) is 0 Å². The van der Waals surface area contributed by atoms with Crippen LogP contribution in [-0.4, -0.2) is 11.9 Å². The van der Waals surface area contributed by atoms with Crippen molar-refractivity contribution in [2.75, 3.05) is 0 Å². The van der Waals surface area contributed by atoms with Crippen molar-refractivity contribution in [3.05, 3.63) is 75.2 Å². The first-order valence-electron chi connectivity index (χ1n) is 6.27. The number of carbonyl (C=O) groups excluding carboxylic acids is 1. The van der Waals surface area contributed by atoms with Crippen LogP contribution in [0.3, 0.4) is 0 Å². The number of hydrogen-bond donors (Lipinski definition) is 0. The van der Waals surface area contributed by atoms with E-state index in [0.717, 1.165) is 0 Å². The molecule has 0 atom stereocenters. The Balaban J connectivity index is 2.00. The van der Waals surface area contributed by atoms with Gasteiger partial charge in [0.1, 0.15) is 5.82 Å². The molecule has 0 aromatic heterocycles. The number of hydrogen-bond acceptors (Lipinski definition) is 3. The summed E-state index contributed by atoms with van der Waals surface area (Å²) in [6.45, 7) is 0. The molecule has 0 N–H and O–H groups in total. The normalized spacial score (nSPS) is 15.9. The lowest BCUT2D eigenvalue weighted by molar-refractivity contribution is -0.129. The smallest absolute Gasteiger partial charge is 0.363 e. The third-order valence-electron chi connectivity index (χ3n) is 2.98. The Labute approximate surface area is 135 Å². The minimum Gasteiger partial charge on any atom is -0.402 e. The average Bonchev–Trinajstić information content (AvgIpc) is 2.82. The number of carbonyl (C=O) groups is 1. The molecule has 3 nitrogen and oxygen atoms in total. The van der Waals surface area contributed by atoms with E-state index in [2.05, 4.69) is 4.99 Å². The summed E-state index contributed by atoms with van der Waals surface area (Å²) in [7, 11) is 0. The van der Waals surface area contributed by atoms with Gasteiger partial charge in [-0.3, -0.25) is 0 Å². The van der Waals surface area contributed by atoms with Gasteiger partial charge < -0.3 is 4.74 Å². The van der Waals surface area contributed by atoms with Crippen LogP contribution >= 0.6 is 23.2 Å². The van der Waals surface area contributed by atoms with Crippen LogP contribution in [0.25, 0.3) is 6.08 Å². The van der Waals surface area contributed by atoms with Crippen molar-refractivity contribution in [3.63, 3.8) is 0 Å². The number of nitrogens with zero attached hydrogens (tertiary/aromatic N) is 1. The van der Waals surface area contributed by atoms with Gasteiger partial charge in [-0.25, -0.2) is 14.2 Å². The van der Waals surface area contributed by atoms with E-state index in [9.17, 15) is 9.18 Å². The van der Waals surface area contributed by atoms with Gasteiger partial charge in [-0.1, -0.05) is 41.4 Å². The molecule has 0 spiro atoms. The largest absolute Gasteiger partial charge is 0.402 e.